The molecule has 1 aliphatic rings. The third-order valence-electron chi connectivity index (χ3n) is 4.54. The van der Waals surface area contributed by atoms with E-state index in [4.69, 9.17) is 10.7 Å². The zero-order valence-corrected chi connectivity index (χ0v) is 13.5. The van der Waals surface area contributed by atoms with Crippen LogP contribution in [0.2, 0.25) is 0 Å². The van der Waals surface area contributed by atoms with Crippen LogP contribution in [0.25, 0.3) is 0 Å². The number of rotatable bonds is 2. The fourth-order valence-electron chi connectivity index (χ4n) is 2.99. The lowest BCUT2D eigenvalue weighted by atomic mass is 9.75. The maximum atomic E-state index is 6.02. The van der Waals surface area contributed by atoms with Gasteiger partial charge in [-0.1, -0.05) is 27.7 Å². The number of nitrogens with two attached hydrogens (primary N) is 1. The first-order valence-electron chi connectivity index (χ1n) is 7.70. The van der Waals surface area contributed by atoms with Crippen LogP contribution in [0, 0.1) is 18.3 Å². The predicted molar refractivity (Wildman–Crippen MR) is 85.0 cm³/mol. The second-order valence-electron chi connectivity index (χ2n) is 6.95. The summed E-state index contributed by atoms with van der Waals surface area (Å²) < 4.78 is 0. The van der Waals surface area contributed by atoms with Gasteiger partial charge in [0.25, 0.3) is 0 Å². The molecule has 20 heavy (non-hydrogen) atoms. The zero-order valence-electron chi connectivity index (χ0n) is 13.5. The molecule has 0 radical (unpaired) electrons. The molecule has 1 aliphatic heterocycles. The smallest absolute Gasteiger partial charge is 0.137 e. The molecule has 0 saturated carbocycles. The van der Waals surface area contributed by atoms with Crippen molar-refractivity contribution in [1.29, 1.82) is 0 Å². The molecule has 1 aromatic rings. The number of nitrogen functional groups attached to an aromatic ring is 1. The van der Waals surface area contributed by atoms with E-state index in [1.165, 1.54) is 12.8 Å². The van der Waals surface area contributed by atoms with E-state index in [1.54, 1.807) is 0 Å². The van der Waals surface area contributed by atoms with Crippen molar-refractivity contribution < 1.29 is 0 Å². The molecular formula is C16H28N4. The average molecular weight is 276 g/mol. The minimum atomic E-state index is 0.403. The highest BCUT2D eigenvalue weighted by atomic mass is 15.2. The molecule has 1 fully saturated rings. The van der Waals surface area contributed by atoms with E-state index in [9.17, 15) is 0 Å². The zero-order chi connectivity index (χ0) is 14.9. The molecule has 1 aromatic heterocycles. The lowest BCUT2D eigenvalue weighted by molar-refractivity contribution is 0.198. The minimum absolute atomic E-state index is 0.403. The van der Waals surface area contributed by atoms with E-state index < -0.39 is 0 Å². The number of anilines is 2. The Balaban J connectivity index is 2.16. The molecular weight excluding hydrogens is 248 g/mol. The van der Waals surface area contributed by atoms with Crippen LogP contribution < -0.4 is 10.6 Å². The van der Waals surface area contributed by atoms with Crippen molar-refractivity contribution in [2.45, 2.75) is 53.9 Å². The van der Waals surface area contributed by atoms with Gasteiger partial charge in [0, 0.05) is 25.1 Å². The van der Waals surface area contributed by atoms with E-state index in [2.05, 4.69) is 37.6 Å². The molecule has 0 aromatic carbocycles. The van der Waals surface area contributed by atoms with Crippen LogP contribution in [0.1, 0.15) is 51.9 Å². The van der Waals surface area contributed by atoms with E-state index >= 15 is 0 Å². The van der Waals surface area contributed by atoms with E-state index in [-0.39, 0.29) is 0 Å². The SMILES string of the molecule is CCc1nc(N)c(C)c(N2CCC(C(C)(C)C)CC2)n1. The number of nitrogens with zero attached hydrogens (tertiary/aromatic N) is 3. The van der Waals surface area contributed by atoms with Crippen molar-refractivity contribution in [3.63, 3.8) is 0 Å². The third kappa shape index (κ3) is 3.05. The van der Waals surface area contributed by atoms with E-state index in [1.807, 2.05) is 6.92 Å². The lowest BCUT2D eigenvalue weighted by Crippen LogP contribution is -2.39. The van der Waals surface area contributed by atoms with Crippen LogP contribution in [0.15, 0.2) is 0 Å². The summed E-state index contributed by atoms with van der Waals surface area (Å²) in [5, 5.41) is 0. The van der Waals surface area contributed by atoms with Crippen molar-refractivity contribution in [2.24, 2.45) is 11.3 Å². The van der Waals surface area contributed by atoms with E-state index in [0.717, 1.165) is 42.6 Å². The Hall–Kier alpha value is -1.32. The fraction of sp³-hybridized carbons (Fsp3) is 0.750. The Labute approximate surface area is 122 Å². The van der Waals surface area contributed by atoms with Gasteiger partial charge in [0.1, 0.15) is 17.5 Å². The number of aromatic nitrogens is 2. The molecule has 0 spiro atoms. The predicted octanol–water partition coefficient (Wildman–Crippen LogP) is 3.19. The standard InChI is InChI=1S/C16H28N4/c1-6-13-18-14(17)11(2)15(19-13)20-9-7-12(8-10-20)16(3,4)5/h12H,6-10H2,1-5H3,(H2,17,18,19). The van der Waals surface area contributed by atoms with Crippen LogP contribution in [-0.4, -0.2) is 23.1 Å². The molecule has 4 heteroatoms. The first kappa shape index (κ1) is 15.1. The largest absolute Gasteiger partial charge is 0.383 e. The van der Waals surface area contributed by atoms with Gasteiger partial charge >= 0.3 is 0 Å². The molecule has 4 nitrogen and oxygen atoms in total. The quantitative estimate of drug-likeness (QED) is 0.901. The van der Waals surface area contributed by atoms with Crippen molar-refractivity contribution in [1.82, 2.24) is 9.97 Å². The summed E-state index contributed by atoms with van der Waals surface area (Å²) in [4.78, 5) is 11.4. The topological polar surface area (TPSA) is 55.0 Å². The van der Waals surface area contributed by atoms with Crippen molar-refractivity contribution in [2.75, 3.05) is 23.7 Å². The van der Waals surface area contributed by atoms with Gasteiger partial charge in [0.15, 0.2) is 0 Å². The molecule has 2 heterocycles. The first-order chi connectivity index (χ1) is 9.32. The van der Waals surface area contributed by atoms with Gasteiger partial charge in [-0.2, -0.15) is 0 Å². The normalized spacial score (nSPS) is 17.6. The van der Waals surface area contributed by atoms with Gasteiger partial charge < -0.3 is 10.6 Å². The molecule has 0 aliphatic carbocycles. The molecule has 2 rings (SSSR count). The second-order valence-corrected chi connectivity index (χ2v) is 6.95. The second kappa shape index (κ2) is 5.58. The number of aryl methyl sites for hydroxylation is 1. The molecule has 0 bridgehead atoms. The Kier molecular flexibility index (Phi) is 4.21. The number of piperidine rings is 1. The summed E-state index contributed by atoms with van der Waals surface area (Å²) in [6, 6.07) is 0. The van der Waals surface area contributed by atoms with Crippen LogP contribution in [0.4, 0.5) is 11.6 Å². The highest BCUT2D eigenvalue weighted by Crippen LogP contribution is 2.36. The molecule has 0 atom stereocenters. The van der Waals surface area contributed by atoms with Crippen molar-refractivity contribution >= 4 is 11.6 Å². The summed E-state index contributed by atoms with van der Waals surface area (Å²) in [6.07, 6.45) is 3.29. The molecule has 0 unspecified atom stereocenters. The molecule has 112 valence electrons. The molecule has 0 amide bonds. The van der Waals surface area contributed by atoms with Gasteiger partial charge in [-0.25, -0.2) is 9.97 Å². The first-order valence-corrected chi connectivity index (χ1v) is 7.70. The fourth-order valence-corrected chi connectivity index (χ4v) is 2.99. The highest BCUT2D eigenvalue weighted by molar-refractivity contribution is 5.56. The van der Waals surface area contributed by atoms with Crippen LogP contribution in [0.3, 0.4) is 0 Å². The van der Waals surface area contributed by atoms with Gasteiger partial charge in [-0.15, -0.1) is 0 Å². The van der Waals surface area contributed by atoms with Crippen molar-refractivity contribution in [3.8, 4) is 0 Å². The summed E-state index contributed by atoms with van der Waals surface area (Å²) in [6.45, 7) is 13.3. The van der Waals surface area contributed by atoms with Gasteiger partial charge in [0.2, 0.25) is 0 Å². The average Bonchev–Trinajstić information content (AvgIpc) is 2.41. The molecule has 1 saturated heterocycles. The van der Waals surface area contributed by atoms with Crippen LogP contribution in [0.5, 0.6) is 0 Å². The van der Waals surface area contributed by atoms with Crippen molar-refractivity contribution in [3.05, 3.63) is 11.4 Å². The van der Waals surface area contributed by atoms with Crippen LogP contribution >= 0.6 is 0 Å². The summed E-state index contributed by atoms with van der Waals surface area (Å²) in [7, 11) is 0. The number of hydrogen-bond acceptors (Lipinski definition) is 4. The third-order valence-corrected chi connectivity index (χ3v) is 4.54. The Morgan fingerprint density at radius 1 is 1.20 bits per heavy atom. The summed E-state index contributed by atoms with van der Waals surface area (Å²) in [5.41, 5.74) is 7.45. The van der Waals surface area contributed by atoms with Gasteiger partial charge in [-0.3, -0.25) is 0 Å². The maximum Gasteiger partial charge on any atom is 0.137 e. The minimum Gasteiger partial charge on any atom is -0.383 e. The van der Waals surface area contributed by atoms with Gasteiger partial charge in [-0.05, 0) is 31.1 Å². The maximum absolute atomic E-state index is 6.02. The highest BCUT2D eigenvalue weighted by Gasteiger charge is 2.29. The monoisotopic (exact) mass is 276 g/mol. The Bertz CT molecular complexity index is 468. The molecule has 2 N–H and O–H groups in total. The summed E-state index contributed by atoms with van der Waals surface area (Å²) in [5.74, 6) is 3.32. The Morgan fingerprint density at radius 2 is 1.80 bits per heavy atom. The van der Waals surface area contributed by atoms with Gasteiger partial charge in [0.05, 0.1) is 0 Å². The Morgan fingerprint density at radius 3 is 2.30 bits per heavy atom. The lowest BCUT2D eigenvalue weighted by Gasteiger charge is -2.39. The van der Waals surface area contributed by atoms with E-state index in [0.29, 0.717) is 11.2 Å². The summed E-state index contributed by atoms with van der Waals surface area (Å²) >= 11 is 0. The van der Waals surface area contributed by atoms with Crippen LogP contribution in [-0.2, 0) is 6.42 Å². The number of hydrogen-bond donors (Lipinski definition) is 1.